The molecule has 1 aromatic carbocycles. The molecule has 0 spiro atoms. The third kappa shape index (κ3) is 2.48. The predicted octanol–water partition coefficient (Wildman–Crippen LogP) is 3.32. The van der Waals surface area contributed by atoms with Crippen molar-refractivity contribution in [3.05, 3.63) is 42.1 Å². The van der Waals surface area contributed by atoms with Crippen LogP contribution in [0.5, 0.6) is 0 Å². The summed E-state index contributed by atoms with van der Waals surface area (Å²) in [4.78, 5) is 0. The summed E-state index contributed by atoms with van der Waals surface area (Å²) in [6, 6.07) is 13.0. The number of para-hydroxylation sites is 1. The second-order valence-corrected chi connectivity index (χ2v) is 5.19. The first kappa shape index (κ1) is 13.0. The van der Waals surface area contributed by atoms with E-state index in [4.69, 9.17) is 5.26 Å². The Morgan fingerprint density at radius 2 is 2.20 bits per heavy atom. The van der Waals surface area contributed by atoms with E-state index in [0.29, 0.717) is 6.42 Å². The van der Waals surface area contributed by atoms with Crippen molar-refractivity contribution in [1.82, 2.24) is 9.88 Å². The SMILES string of the molecule is N#CCCCn1c(C2=CCNCC2)cc2ccccc21. The second kappa shape index (κ2) is 5.94. The lowest BCUT2D eigenvalue weighted by molar-refractivity contribution is 0.660. The van der Waals surface area contributed by atoms with E-state index in [1.807, 2.05) is 0 Å². The first-order valence-electron chi connectivity index (χ1n) is 7.25. The number of rotatable bonds is 4. The maximum atomic E-state index is 8.75. The molecule has 3 rings (SSSR count). The summed E-state index contributed by atoms with van der Waals surface area (Å²) < 4.78 is 2.38. The van der Waals surface area contributed by atoms with E-state index in [2.05, 4.69) is 52.4 Å². The summed E-state index contributed by atoms with van der Waals surface area (Å²) in [5.74, 6) is 0. The van der Waals surface area contributed by atoms with Gasteiger partial charge in [-0.2, -0.15) is 5.26 Å². The third-order valence-electron chi connectivity index (χ3n) is 3.87. The van der Waals surface area contributed by atoms with E-state index >= 15 is 0 Å². The summed E-state index contributed by atoms with van der Waals surface area (Å²) in [6.07, 6.45) is 4.90. The molecule has 3 nitrogen and oxygen atoms in total. The molecule has 102 valence electrons. The molecule has 0 unspecified atom stereocenters. The fourth-order valence-electron chi connectivity index (χ4n) is 2.89. The molecule has 1 aliphatic rings. The zero-order chi connectivity index (χ0) is 13.8. The molecule has 0 amide bonds. The maximum absolute atomic E-state index is 8.75. The quantitative estimate of drug-likeness (QED) is 0.861. The minimum absolute atomic E-state index is 0.618. The second-order valence-electron chi connectivity index (χ2n) is 5.19. The average molecular weight is 265 g/mol. The van der Waals surface area contributed by atoms with Crippen molar-refractivity contribution in [3.63, 3.8) is 0 Å². The zero-order valence-electron chi connectivity index (χ0n) is 11.6. The first-order valence-corrected chi connectivity index (χ1v) is 7.25. The van der Waals surface area contributed by atoms with Gasteiger partial charge in [-0.15, -0.1) is 0 Å². The summed E-state index contributed by atoms with van der Waals surface area (Å²) in [5.41, 5.74) is 4.03. The van der Waals surface area contributed by atoms with Crippen LogP contribution in [0.4, 0.5) is 0 Å². The highest BCUT2D eigenvalue weighted by Gasteiger charge is 2.13. The number of nitriles is 1. The van der Waals surface area contributed by atoms with Crippen LogP contribution < -0.4 is 5.32 Å². The van der Waals surface area contributed by atoms with Gasteiger partial charge >= 0.3 is 0 Å². The number of nitrogens with zero attached hydrogens (tertiary/aromatic N) is 2. The standard InChI is InChI=1S/C17H19N3/c18-9-3-4-12-20-16-6-2-1-5-15(16)13-17(20)14-7-10-19-11-8-14/h1-2,5-7,13,19H,3-4,8,10-12H2. The van der Waals surface area contributed by atoms with E-state index in [0.717, 1.165) is 32.5 Å². The van der Waals surface area contributed by atoms with Crippen molar-refractivity contribution in [2.24, 2.45) is 0 Å². The molecule has 0 saturated heterocycles. The van der Waals surface area contributed by atoms with Crippen molar-refractivity contribution in [2.45, 2.75) is 25.8 Å². The number of nitrogens with one attached hydrogen (secondary N) is 1. The lowest BCUT2D eigenvalue weighted by Crippen LogP contribution is -2.20. The predicted molar refractivity (Wildman–Crippen MR) is 82.2 cm³/mol. The van der Waals surface area contributed by atoms with Crippen LogP contribution >= 0.6 is 0 Å². The van der Waals surface area contributed by atoms with Gasteiger partial charge in [0.15, 0.2) is 0 Å². The number of aryl methyl sites for hydroxylation is 1. The molecular formula is C17H19N3. The van der Waals surface area contributed by atoms with Gasteiger partial charge in [0.2, 0.25) is 0 Å². The molecule has 0 radical (unpaired) electrons. The monoisotopic (exact) mass is 265 g/mol. The third-order valence-corrected chi connectivity index (χ3v) is 3.87. The Hall–Kier alpha value is -2.05. The van der Waals surface area contributed by atoms with Crippen molar-refractivity contribution in [1.29, 1.82) is 5.26 Å². The van der Waals surface area contributed by atoms with Crippen LogP contribution in [-0.2, 0) is 6.54 Å². The molecule has 3 heteroatoms. The van der Waals surface area contributed by atoms with Gasteiger partial charge in [0.1, 0.15) is 0 Å². The Balaban J connectivity index is 2.03. The van der Waals surface area contributed by atoms with Crippen LogP contribution in [0.1, 0.15) is 25.0 Å². The van der Waals surface area contributed by atoms with Crippen LogP contribution in [0.25, 0.3) is 16.5 Å². The minimum Gasteiger partial charge on any atom is -0.341 e. The number of hydrogen-bond acceptors (Lipinski definition) is 2. The summed E-state index contributed by atoms with van der Waals surface area (Å²) in [6.45, 7) is 2.92. The molecule has 0 bridgehead atoms. The van der Waals surface area contributed by atoms with E-state index in [1.165, 1.54) is 22.2 Å². The molecule has 1 N–H and O–H groups in total. The number of fused-ring (bicyclic) bond motifs is 1. The molecule has 1 aromatic heterocycles. The van der Waals surface area contributed by atoms with Crippen molar-refractivity contribution in [2.75, 3.05) is 13.1 Å². The Bertz CT molecular complexity index is 673. The Morgan fingerprint density at radius 1 is 1.30 bits per heavy atom. The molecule has 0 aliphatic carbocycles. The van der Waals surface area contributed by atoms with Gasteiger partial charge in [-0.05, 0) is 37.1 Å². The molecule has 0 fully saturated rings. The molecular weight excluding hydrogens is 246 g/mol. The summed E-state index contributed by atoms with van der Waals surface area (Å²) in [7, 11) is 0. The van der Waals surface area contributed by atoms with Crippen molar-refractivity contribution < 1.29 is 0 Å². The number of aromatic nitrogens is 1. The minimum atomic E-state index is 0.618. The topological polar surface area (TPSA) is 40.8 Å². The summed E-state index contributed by atoms with van der Waals surface area (Å²) >= 11 is 0. The van der Waals surface area contributed by atoms with Crippen LogP contribution in [0.2, 0.25) is 0 Å². The Kier molecular flexibility index (Phi) is 3.85. The van der Waals surface area contributed by atoms with E-state index < -0.39 is 0 Å². The summed E-state index contributed by atoms with van der Waals surface area (Å²) in [5, 5.41) is 13.4. The van der Waals surface area contributed by atoms with Gasteiger partial charge < -0.3 is 9.88 Å². The van der Waals surface area contributed by atoms with Gasteiger partial charge in [-0.3, -0.25) is 0 Å². The van der Waals surface area contributed by atoms with E-state index in [9.17, 15) is 0 Å². The first-order chi connectivity index (χ1) is 9.90. The Labute approximate surface area is 119 Å². The molecule has 2 aromatic rings. The molecule has 0 saturated carbocycles. The highest BCUT2D eigenvalue weighted by Crippen LogP contribution is 2.28. The molecule has 20 heavy (non-hydrogen) atoms. The van der Waals surface area contributed by atoms with E-state index in [-0.39, 0.29) is 0 Å². The van der Waals surface area contributed by atoms with Crippen LogP contribution in [0.15, 0.2) is 36.4 Å². The lowest BCUT2D eigenvalue weighted by Gasteiger charge is -2.17. The molecule has 1 aliphatic heterocycles. The Morgan fingerprint density at radius 3 is 3.00 bits per heavy atom. The highest BCUT2D eigenvalue weighted by atomic mass is 15.0. The highest BCUT2D eigenvalue weighted by molar-refractivity contribution is 5.86. The van der Waals surface area contributed by atoms with Crippen molar-refractivity contribution in [3.8, 4) is 6.07 Å². The zero-order valence-corrected chi connectivity index (χ0v) is 11.6. The smallest absolute Gasteiger partial charge is 0.0622 e. The van der Waals surface area contributed by atoms with Gasteiger partial charge in [-0.25, -0.2) is 0 Å². The number of hydrogen-bond donors (Lipinski definition) is 1. The lowest BCUT2D eigenvalue weighted by atomic mass is 10.1. The van der Waals surface area contributed by atoms with Gasteiger partial charge in [0.05, 0.1) is 6.07 Å². The molecule has 2 heterocycles. The van der Waals surface area contributed by atoms with E-state index in [1.54, 1.807) is 0 Å². The van der Waals surface area contributed by atoms with Crippen molar-refractivity contribution >= 4 is 16.5 Å². The van der Waals surface area contributed by atoms with Crippen LogP contribution in [0.3, 0.4) is 0 Å². The van der Waals surface area contributed by atoms with Crippen LogP contribution in [0, 0.1) is 11.3 Å². The normalized spacial score (nSPS) is 15.1. The average Bonchev–Trinajstić information content (AvgIpc) is 2.87. The van der Waals surface area contributed by atoms with Crippen LogP contribution in [-0.4, -0.2) is 17.7 Å². The fourth-order valence-corrected chi connectivity index (χ4v) is 2.89. The number of benzene rings is 1. The fraction of sp³-hybridized carbons (Fsp3) is 0.353. The molecule has 0 atom stereocenters. The largest absolute Gasteiger partial charge is 0.341 e. The number of unbranched alkanes of at least 4 members (excludes halogenated alkanes) is 1. The van der Waals surface area contributed by atoms with Gasteiger partial charge in [0, 0.05) is 36.1 Å². The maximum Gasteiger partial charge on any atom is 0.0622 e. The van der Waals surface area contributed by atoms with Gasteiger partial charge in [0.25, 0.3) is 0 Å². The van der Waals surface area contributed by atoms with Gasteiger partial charge in [-0.1, -0.05) is 24.3 Å².